The lowest BCUT2D eigenvalue weighted by Gasteiger charge is -2.24. The molecule has 0 aliphatic rings. The zero-order chi connectivity index (χ0) is 15.6. The molecule has 0 radical (unpaired) electrons. The Bertz CT molecular complexity index is 760. The molecule has 21 heavy (non-hydrogen) atoms. The highest BCUT2D eigenvalue weighted by Crippen LogP contribution is 2.27. The second kappa shape index (κ2) is 5.73. The van der Waals surface area contributed by atoms with E-state index in [9.17, 15) is 12.8 Å². The molecule has 0 saturated carbocycles. The number of nitrogens with zero attached hydrogens (tertiary/aromatic N) is 1. The van der Waals surface area contributed by atoms with Crippen LogP contribution in [0, 0.1) is 12.7 Å². The number of hydrogen-bond acceptors (Lipinski definition) is 3. The third-order valence-corrected chi connectivity index (χ3v) is 5.21. The highest BCUT2D eigenvalue weighted by Gasteiger charge is 2.25. The summed E-state index contributed by atoms with van der Waals surface area (Å²) in [6.07, 6.45) is 0. The van der Waals surface area contributed by atoms with Crippen molar-refractivity contribution in [2.75, 3.05) is 16.6 Å². The Balaban J connectivity index is 2.54. The molecule has 2 aromatic rings. The Morgan fingerprint density at radius 2 is 1.90 bits per heavy atom. The van der Waals surface area contributed by atoms with E-state index < -0.39 is 15.8 Å². The van der Waals surface area contributed by atoms with Crippen molar-refractivity contribution >= 4 is 21.4 Å². The maximum atomic E-state index is 13.2. The van der Waals surface area contributed by atoms with Crippen LogP contribution in [0.3, 0.4) is 0 Å². The molecule has 0 saturated heterocycles. The second-order valence-corrected chi connectivity index (χ2v) is 6.51. The van der Waals surface area contributed by atoms with Crippen LogP contribution in [0.1, 0.15) is 12.5 Å². The zero-order valence-corrected chi connectivity index (χ0v) is 12.7. The molecule has 0 bridgehead atoms. The first kappa shape index (κ1) is 15.3. The lowest BCUT2D eigenvalue weighted by molar-refractivity contribution is 0.589. The van der Waals surface area contributed by atoms with Gasteiger partial charge in [0.25, 0.3) is 10.0 Å². The average molecular weight is 308 g/mol. The molecule has 2 N–H and O–H groups in total. The quantitative estimate of drug-likeness (QED) is 0.883. The zero-order valence-electron chi connectivity index (χ0n) is 11.9. The van der Waals surface area contributed by atoms with Crippen LogP contribution in [0.25, 0.3) is 0 Å². The molecule has 6 heteroatoms. The minimum atomic E-state index is -3.76. The number of aryl methyl sites for hydroxylation is 1. The van der Waals surface area contributed by atoms with Crippen LogP contribution in [-0.4, -0.2) is 15.0 Å². The van der Waals surface area contributed by atoms with Gasteiger partial charge in [-0.2, -0.15) is 0 Å². The van der Waals surface area contributed by atoms with Crippen molar-refractivity contribution in [2.45, 2.75) is 18.7 Å². The second-order valence-electron chi connectivity index (χ2n) is 4.67. The van der Waals surface area contributed by atoms with Gasteiger partial charge in [-0.05, 0) is 55.8 Å². The number of sulfonamides is 1. The van der Waals surface area contributed by atoms with Gasteiger partial charge in [-0.1, -0.05) is 6.07 Å². The van der Waals surface area contributed by atoms with Crippen molar-refractivity contribution in [1.82, 2.24) is 0 Å². The fraction of sp³-hybridized carbons (Fsp3) is 0.200. The summed E-state index contributed by atoms with van der Waals surface area (Å²) in [4.78, 5) is 0.0909. The summed E-state index contributed by atoms with van der Waals surface area (Å²) in [6, 6.07) is 10.3. The van der Waals surface area contributed by atoms with Crippen LogP contribution < -0.4 is 10.0 Å². The minimum Gasteiger partial charge on any atom is -0.399 e. The predicted octanol–water partition coefficient (Wildman–Crippen LogP) is 2.93. The topological polar surface area (TPSA) is 63.4 Å². The Hall–Kier alpha value is -2.08. The SMILES string of the molecule is CCN(c1cccc(N)c1)S(=O)(=O)c1ccc(F)cc1C. The number of benzene rings is 2. The predicted molar refractivity (Wildman–Crippen MR) is 82.2 cm³/mol. The van der Waals surface area contributed by atoms with Crippen molar-refractivity contribution in [3.8, 4) is 0 Å². The summed E-state index contributed by atoms with van der Waals surface area (Å²) in [5.41, 5.74) is 7.05. The first-order valence-corrected chi connectivity index (χ1v) is 7.94. The van der Waals surface area contributed by atoms with Gasteiger partial charge in [0, 0.05) is 12.2 Å². The van der Waals surface area contributed by atoms with E-state index in [1.807, 2.05) is 0 Å². The van der Waals surface area contributed by atoms with Crippen LogP contribution in [0.5, 0.6) is 0 Å². The van der Waals surface area contributed by atoms with E-state index in [4.69, 9.17) is 5.73 Å². The lowest BCUT2D eigenvalue weighted by Crippen LogP contribution is -2.31. The summed E-state index contributed by atoms with van der Waals surface area (Å²) < 4.78 is 40.0. The number of rotatable bonds is 4. The molecule has 0 aromatic heterocycles. The number of anilines is 2. The van der Waals surface area contributed by atoms with Gasteiger partial charge in [0.15, 0.2) is 0 Å². The fourth-order valence-electron chi connectivity index (χ4n) is 2.19. The first-order chi connectivity index (χ1) is 9.86. The largest absolute Gasteiger partial charge is 0.399 e. The van der Waals surface area contributed by atoms with Gasteiger partial charge in [-0.25, -0.2) is 12.8 Å². The molecule has 0 spiro atoms. The molecule has 2 aromatic carbocycles. The van der Waals surface area contributed by atoms with Gasteiger partial charge in [0.1, 0.15) is 5.82 Å². The maximum absolute atomic E-state index is 13.2. The number of hydrogen-bond donors (Lipinski definition) is 1. The number of halogens is 1. The van der Waals surface area contributed by atoms with Crippen molar-refractivity contribution in [3.63, 3.8) is 0 Å². The average Bonchev–Trinajstić information content (AvgIpc) is 2.38. The monoisotopic (exact) mass is 308 g/mol. The van der Waals surface area contributed by atoms with Crippen molar-refractivity contribution < 1.29 is 12.8 Å². The summed E-state index contributed by atoms with van der Waals surface area (Å²) in [6.45, 7) is 3.56. The molecular weight excluding hydrogens is 291 g/mol. The van der Waals surface area contributed by atoms with Crippen LogP contribution in [0.2, 0.25) is 0 Å². The maximum Gasteiger partial charge on any atom is 0.264 e. The molecule has 2 rings (SSSR count). The third-order valence-electron chi connectivity index (χ3n) is 3.15. The summed E-state index contributed by atoms with van der Waals surface area (Å²) >= 11 is 0. The molecule has 4 nitrogen and oxygen atoms in total. The molecule has 112 valence electrons. The van der Waals surface area contributed by atoms with E-state index in [2.05, 4.69) is 0 Å². The van der Waals surface area contributed by atoms with Crippen LogP contribution in [-0.2, 0) is 10.0 Å². The molecule has 0 heterocycles. The Morgan fingerprint density at radius 3 is 2.48 bits per heavy atom. The number of nitrogen functional groups attached to an aromatic ring is 1. The van der Waals surface area contributed by atoms with Gasteiger partial charge in [0.05, 0.1) is 10.6 Å². The van der Waals surface area contributed by atoms with Crippen LogP contribution >= 0.6 is 0 Å². The Labute approximate surface area is 124 Å². The molecule has 0 unspecified atom stereocenters. The molecule has 0 aliphatic heterocycles. The van der Waals surface area contributed by atoms with Crippen molar-refractivity contribution in [2.24, 2.45) is 0 Å². The van der Waals surface area contributed by atoms with E-state index in [0.717, 1.165) is 6.07 Å². The summed E-state index contributed by atoms with van der Waals surface area (Å²) in [5.74, 6) is -0.460. The van der Waals surface area contributed by atoms with Gasteiger partial charge >= 0.3 is 0 Å². The van der Waals surface area contributed by atoms with E-state index in [1.54, 1.807) is 38.1 Å². The van der Waals surface area contributed by atoms with Gasteiger partial charge in [-0.15, -0.1) is 0 Å². The van der Waals surface area contributed by atoms with Crippen LogP contribution in [0.15, 0.2) is 47.4 Å². The van der Waals surface area contributed by atoms with E-state index in [0.29, 0.717) is 16.9 Å². The molecular formula is C15H17FN2O2S. The van der Waals surface area contributed by atoms with Gasteiger partial charge < -0.3 is 5.73 Å². The highest BCUT2D eigenvalue weighted by molar-refractivity contribution is 7.92. The smallest absolute Gasteiger partial charge is 0.264 e. The standard InChI is InChI=1S/C15H17FN2O2S/c1-3-18(14-6-4-5-13(17)10-14)21(19,20)15-8-7-12(16)9-11(15)2/h4-10H,3,17H2,1-2H3. The Morgan fingerprint density at radius 1 is 1.19 bits per heavy atom. The highest BCUT2D eigenvalue weighted by atomic mass is 32.2. The number of nitrogens with two attached hydrogens (primary N) is 1. The van der Waals surface area contributed by atoms with Crippen LogP contribution in [0.4, 0.5) is 15.8 Å². The third kappa shape index (κ3) is 3.00. The first-order valence-electron chi connectivity index (χ1n) is 6.50. The fourth-order valence-corrected chi connectivity index (χ4v) is 3.87. The molecule has 0 aliphatic carbocycles. The van der Waals surface area contributed by atoms with Crippen molar-refractivity contribution in [1.29, 1.82) is 0 Å². The minimum absolute atomic E-state index is 0.0909. The van der Waals surface area contributed by atoms with E-state index in [1.165, 1.54) is 16.4 Å². The van der Waals surface area contributed by atoms with E-state index in [-0.39, 0.29) is 11.4 Å². The molecule has 0 amide bonds. The van der Waals surface area contributed by atoms with E-state index >= 15 is 0 Å². The molecule has 0 atom stereocenters. The summed E-state index contributed by atoms with van der Waals surface area (Å²) in [7, 11) is -3.76. The van der Waals surface area contributed by atoms with Gasteiger partial charge in [-0.3, -0.25) is 4.31 Å². The molecule has 0 fully saturated rings. The normalized spacial score (nSPS) is 11.4. The Kier molecular flexibility index (Phi) is 4.18. The summed E-state index contributed by atoms with van der Waals surface area (Å²) in [5, 5.41) is 0. The van der Waals surface area contributed by atoms with Crippen molar-refractivity contribution in [3.05, 3.63) is 53.8 Å². The van der Waals surface area contributed by atoms with Gasteiger partial charge in [0.2, 0.25) is 0 Å². The lowest BCUT2D eigenvalue weighted by atomic mass is 10.2.